The summed E-state index contributed by atoms with van der Waals surface area (Å²) in [6.45, 7) is 9.33. The summed E-state index contributed by atoms with van der Waals surface area (Å²) in [6, 6.07) is 4.22. The third-order valence-electron chi connectivity index (χ3n) is 7.32. The molecule has 0 aromatic carbocycles. The second-order valence-electron chi connectivity index (χ2n) is 9.65. The number of carbonyl (C=O) groups is 1. The molecule has 3 fully saturated rings. The minimum atomic E-state index is 0.0326. The molecule has 31 heavy (non-hydrogen) atoms. The first kappa shape index (κ1) is 22.5. The van der Waals surface area contributed by atoms with Crippen molar-refractivity contribution in [2.24, 2.45) is 11.8 Å². The Morgan fingerprint density at radius 3 is 2.71 bits per heavy atom. The van der Waals surface area contributed by atoms with E-state index in [1.54, 1.807) is 6.20 Å². The SMILES string of the molecule is CCOC[C@@H]1CCCN(CC2CCCC[C@@H]2NC(=O)c2ccc(N3CCCC3)nc2)C1. The molecule has 6 nitrogen and oxygen atoms in total. The van der Waals surface area contributed by atoms with Gasteiger partial charge in [0.05, 0.1) is 12.2 Å². The van der Waals surface area contributed by atoms with E-state index in [0.717, 1.165) is 51.6 Å². The molecule has 0 spiro atoms. The normalized spacial score (nSPS) is 27.4. The minimum absolute atomic E-state index is 0.0326. The van der Waals surface area contributed by atoms with Crippen molar-refractivity contribution in [3.05, 3.63) is 23.9 Å². The largest absolute Gasteiger partial charge is 0.381 e. The molecule has 0 bridgehead atoms. The number of pyridine rings is 1. The number of nitrogens with zero attached hydrogens (tertiary/aromatic N) is 3. The molecule has 1 aromatic heterocycles. The Morgan fingerprint density at radius 1 is 1.10 bits per heavy atom. The molecule has 2 saturated heterocycles. The molecule has 1 aromatic rings. The number of ether oxygens (including phenoxy) is 1. The summed E-state index contributed by atoms with van der Waals surface area (Å²) in [5, 5.41) is 3.37. The molecule has 1 amide bonds. The van der Waals surface area contributed by atoms with Crippen molar-refractivity contribution >= 4 is 11.7 Å². The maximum Gasteiger partial charge on any atom is 0.253 e. The average Bonchev–Trinajstić information content (AvgIpc) is 3.34. The highest BCUT2D eigenvalue weighted by atomic mass is 16.5. The first-order valence-corrected chi connectivity index (χ1v) is 12.5. The zero-order valence-electron chi connectivity index (χ0n) is 19.2. The lowest BCUT2D eigenvalue weighted by Crippen LogP contribution is -2.48. The number of amides is 1. The van der Waals surface area contributed by atoms with Crippen molar-refractivity contribution in [2.75, 3.05) is 50.8 Å². The molecule has 1 saturated carbocycles. The third kappa shape index (κ3) is 6.19. The number of likely N-dealkylation sites (tertiary alicyclic amines) is 1. The van der Waals surface area contributed by atoms with Crippen LogP contribution in [0.4, 0.5) is 5.82 Å². The van der Waals surface area contributed by atoms with Crippen molar-refractivity contribution in [3.8, 4) is 0 Å². The number of hydrogen-bond acceptors (Lipinski definition) is 5. The third-order valence-corrected chi connectivity index (χ3v) is 7.32. The molecule has 2 aliphatic heterocycles. The van der Waals surface area contributed by atoms with E-state index < -0.39 is 0 Å². The molecule has 3 aliphatic rings. The first-order chi connectivity index (χ1) is 15.2. The second kappa shape index (κ2) is 11.3. The van der Waals surface area contributed by atoms with Crippen LogP contribution in [0.3, 0.4) is 0 Å². The molecular formula is C25H40N4O2. The van der Waals surface area contributed by atoms with Gasteiger partial charge in [-0.3, -0.25) is 4.79 Å². The van der Waals surface area contributed by atoms with Crippen LogP contribution in [0.5, 0.6) is 0 Å². The lowest BCUT2D eigenvalue weighted by atomic mass is 9.83. The standard InChI is InChI=1S/C25H40N4O2/c1-2-31-19-20-8-7-13-28(17-20)18-22-9-3-4-10-23(22)27-25(30)21-11-12-24(26-16-21)29-14-5-6-15-29/h11-12,16,20,22-23H,2-10,13-15,17-19H2,1H3,(H,27,30)/t20-,22?,23+/m1/s1. The highest BCUT2D eigenvalue weighted by Gasteiger charge is 2.30. The number of rotatable bonds is 8. The lowest BCUT2D eigenvalue weighted by molar-refractivity contribution is 0.0548. The van der Waals surface area contributed by atoms with Crippen molar-refractivity contribution in [1.82, 2.24) is 15.2 Å². The van der Waals surface area contributed by atoms with Crippen LogP contribution in [0, 0.1) is 11.8 Å². The summed E-state index contributed by atoms with van der Waals surface area (Å²) in [5.74, 6) is 2.23. The van der Waals surface area contributed by atoms with E-state index in [-0.39, 0.29) is 11.9 Å². The van der Waals surface area contributed by atoms with Gasteiger partial charge in [-0.05, 0) is 76.0 Å². The van der Waals surface area contributed by atoms with Crippen molar-refractivity contribution in [3.63, 3.8) is 0 Å². The smallest absolute Gasteiger partial charge is 0.253 e. The Kier molecular flexibility index (Phi) is 8.20. The van der Waals surface area contributed by atoms with Crippen LogP contribution in [-0.2, 0) is 4.74 Å². The van der Waals surface area contributed by atoms with Gasteiger partial charge in [-0.1, -0.05) is 12.8 Å². The van der Waals surface area contributed by atoms with E-state index in [2.05, 4.69) is 27.0 Å². The summed E-state index contributed by atoms with van der Waals surface area (Å²) < 4.78 is 5.68. The number of aromatic nitrogens is 1. The van der Waals surface area contributed by atoms with Crippen molar-refractivity contribution in [2.45, 2.75) is 64.3 Å². The van der Waals surface area contributed by atoms with Crippen LogP contribution >= 0.6 is 0 Å². The zero-order valence-corrected chi connectivity index (χ0v) is 19.2. The van der Waals surface area contributed by atoms with Gasteiger partial charge in [-0.25, -0.2) is 4.98 Å². The van der Waals surface area contributed by atoms with Crippen LogP contribution in [0.2, 0.25) is 0 Å². The molecule has 3 heterocycles. The summed E-state index contributed by atoms with van der Waals surface area (Å²) >= 11 is 0. The maximum atomic E-state index is 13.0. The van der Waals surface area contributed by atoms with Gasteiger partial charge in [-0.15, -0.1) is 0 Å². The van der Waals surface area contributed by atoms with Gasteiger partial charge in [0.25, 0.3) is 5.91 Å². The molecule has 0 radical (unpaired) electrons. The summed E-state index contributed by atoms with van der Waals surface area (Å²) in [4.78, 5) is 22.4. The van der Waals surface area contributed by atoms with Gasteiger partial charge in [0.1, 0.15) is 5.82 Å². The Labute approximate surface area is 187 Å². The fourth-order valence-corrected chi connectivity index (χ4v) is 5.59. The molecule has 4 rings (SSSR count). The maximum absolute atomic E-state index is 13.0. The topological polar surface area (TPSA) is 57.7 Å². The van der Waals surface area contributed by atoms with Crippen molar-refractivity contribution < 1.29 is 9.53 Å². The number of hydrogen-bond donors (Lipinski definition) is 1. The van der Waals surface area contributed by atoms with Crippen molar-refractivity contribution in [1.29, 1.82) is 0 Å². The zero-order chi connectivity index (χ0) is 21.5. The number of carbonyl (C=O) groups excluding carboxylic acids is 1. The van der Waals surface area contributed by atoms with E-state index in [9.17, 15) is 4.79 Å². The van der Waals surface area contributed by atoms with E-state index in [4.69, 9.17) is 4.74 Å². The summed E-state index contributed by atoms with van der Waals surface area (Å²) in [6.07, 6.45) is 11.5. The van der Waals surface area contributed by atoms with Gasteiger partial charge >= 0.3 is 0 Å². The predicted octanol–water partition coefficient (Wildman–Crippen LogP) is 3.72. The highest BCUT2D eigenvalue weighted by Crippen LogP contribution is 2.28. The molecule has 172 valence electrons. The number of piperidine rings is 1. The van der Waals surface area contributed by atoms with E-state index >= 15 is 0 Å². The van der Waals surface area contributed by atoms with Gasteiger partial charge in [0, 0.05) is 45.0 Å². The van der Waals surface area contributed by atoms with Crippen LogP contribution in [0.15, 0.2) is 18.3 Å². The van der Waals surface area contributed by atoms with Crippen LogP contribution < -0.4 is 10.2 Å². The van der Waals surface area contributed by atoms with E-state index in [1.165, 1.54) is 51.5 Å². The summed E-state index contributed by atoms with van der Waals surface area (Å²) in [7, 11) is 0. The molecule has 3 atom stereocenters. The second-order valence-corrected chi connectivity index (χ2v) is 9.65. The monoisotopic (exact) mass is 428 g/mol. The average molecular weight is 429 g/mol. The molecule has 1 unspecified atom stereocenters. The van der Waals surface area contributed by atoms with Gasteiger partial charge in [0.15, 0.2) is 0 Å². The summed E-state index contributed by atoms with van der Waals surface area (Å²) in [5.41, 5.74) is 0.682. The Morgan fingerprint density at radius 2 is 1.94 bits per heavy atom. The Bertz CT molecular complexity index is 689. The minimum Gasteiger partial charge on any atom is -0.381 e. The molecule has 1 aliphatic carbocycles. The Balaban J connectivity index is 1.31. The lowest BCUT2D eigenvalue weighted by Gasteiger charge is -2.39. The fraction of sp³-hybridized carbons (Fsp3) is 0.760. The van der Waals surface area contributed by atoms with Crippen LogP contribution in [0.1, 0.15) is 68.6 Å². The van der Waals surface area contributed by atoms with E-state index in [0.29, 0.717) is 17.4 Å². The Hall–Kier alpha value is -1.66. The fourth-order valence-electron chi connectivity index (χ4n) is 5.59. The van der Waals surface area contributed by atoms with Gasteiger partial charge in [-0.2, -0.15) is 0 Å². The van der Waals surface area contributed by atoms with Gasteiger partial charge < -0.3 is 19.9 Å². The first-order valence-electron chi connectivity index (χ1n) is 12.5. The predicted molar refractivity (Wildman–Crippen MR) is 125 cm³/mol. The number of anilines is 1. The molecular weight excluding hydrogens is 388 g/mol. The quantitative estimate of drug-likeness (QED) is 0.684. The highest BCUT2D eigenvalue weighted by molar-refractivity contribution is 5.94. The molecule has 6 heteroatoms. The van der Waals surface area contributed by atoms with Crippen LogP contribution in [-0.4, -0.2) is 67.8 Å². The molecule has 1 N–H and O–H groups in total. The van der Waals surface area contributed by atoms with Crippen LogP contribution in [0.25, 0.3) is 0 Å². The van der Waals surface area contributed by atoms with E-state index in [1.807, 2.05) is 12.1 Å². The number of nitrogens with one attached hydrogen (secondary N) is 1. The van der Waals surface area contributed by atoms with Gasteiger partial charge in [0.2, 0.25) is 0 Å².